The number of rotatable bonds is 3. The summed E-state index contributed by atoms with van der Waals surface area (Å²) >= 11 is 6.16. The van der Waals surface area contributed by atoms with Gasteiger partial charge in [-0.2, -0.15) is 0 Å². The highest BCUT2D eigenvalue weighted by atomic mass is 35.5. The van der Waals surface area contributed by atoms with Crippen molar-refractivity contribution in [3.8, 4) is 0 Å². The Morgan fingerprint density at radius 1 is 1.40 bits per heavy atom. The number of benzene rings is 1. The predicted molar refractivity (Wildman–Crippen MR) is 77.9 cm³/mol. The molecule has 2 fully saturated rings. The Morgan fingerprint density at radius 3 is 2.95 bits per heavy atom. The van der Waals surface area contributed by atoms with Gasteiger partial charge in [0.1, 0.15) is 0 Å². The quantitative estimate of drug-likeness (QED) is 0.686. The van der Waals surface area contributed by atoms with Crippen LogP contribution in [0.5, 0.6) is 0 Å². The van der Waals surface area contributed by atoms with E-state index < -0.39 is 4.92 Å². The van der Waals surface area contributed by atoms with Crippen LogP contribution >= 0.6 is 11.6 Å². The maximum atomic E-state index is 10.7. The average Bonchev–Trinajstić information content (AvgIpc) is 2.88. The summed E-state index contributed by atoms with van der Waals surface area (Å²) in [6, 6.07) is 4.76. The van der Waals surface area contributed by atoms with E-state index >= 15 is 0 Å². The summed E-state index contributed by atoms with van der Waals surface area (Å²) in [7, 11) is 0. The molecular weight excluding hydrogens is 278 g/mol. The third kappa shape index (κ3) is 2.80. The molecular formula is C14H18ClN3O2. The molecule has 5 nitrogen and oxygen atoms in total. The Morgan fingerprint density at radius 2 is 2.20 bits per heavy atom. The van der Waals surface area contributed by atoms with Crippen LogP contribution in [0.1, 0.15) is 12.0 Å². The molecule has 2 unspecified atom stereocenters. The van der Waals surface area contributed by atoms with E-state index in [1.54, 1.807) is 6.07 Å². The maximum absolute atomic E-state index is 10.7. The van der Waals surface area contributed by atoms with Gasteiger partial charge >= 0.3 is 0 Å². The molecule has 1 aromatic rings. The van der Waals surface area contributed by atoms with Crippen LogP contribution in [0.4, 0.5) is 5.69 Å². The lowest BCUT2D eigenvalue weighted by Gasteiger charge is -2.34. The lowest BCUT2D eigenvalue weighted by Crippen LogP contribution is -2.39. The van der Waals surface area contributed by atoms with Crippen LogP contribution in [0.15, 0.2) is 18.2 Å². The molecule has 0 aromatic heterocycles. The first kappa shape index (κ1) is 13.8. The van der Waals surface area contributed by atoms with Gasteiger partial charge in [-0.3, -0.25) is 15.0 Å². The van der Waals surface area contributed by atoms with Crippen LogP contribution < -0.4 is 5.32 Å². The molecule has 6 heteroatoms. The Labute approximate surface area is 123 Å². The Kier molecular flexibility index (Phi) is 3.92. The standard InChI is InChI=1S/C14H18ClN3O2/c15-14-5-13(18(19)20)2-1-11(14)8-17-4-3-10-6-16-7-12(10)9-17/h1-2,5,10,12,16H,3-4,6-9H2. The number of halogens is 1. The molecule has 0 spiro atoms. The first-order valence-corrected chi connectivity index (χ1v) is 7.37. The summed E-state index contributed by atoms with van der Waals surface area (Å²) in [6.45, 7) is 5.20. The number of fused-ring (bicyclic) bond motifs is 1. The average molecular weight is 296 g/mol. The highest BCUT2D eigenvalue weighted by molar-refractivity contribution is 6.31. The molecule has 2 saturated heterocycles. The fraction of sp³-hybridized carbons (Fsp3) is 0.571. The monoisotopic (exact) mass is 295 g/mol. The van der Waals surface area contributed by atoms with Crippen LogP contribution in [0.3, 0.4) is 0 Å². The minimum atomic E-state index is -0.411. The first-order chi connectivity index (χ1) is 9.63. The number of nitrogens with one attached hydrogen (secondary N) is 1. The van der Waals surface area contributed by atoms with Crippen LogP contribution in [0.25, 0.3) is 0 Å². The van der Waals surface area contributed by atoms with E-state index in [-0.39, 0.29) is 5.69 Å². The van der Waals surface area contributed by atoms with Gasteiger partial charge in [0.15, 0.2) is 0 Å². The lowest BCUT2D eigenvalue weighted by molar-refractivity contribution is -0.384. The summed E-state index contributed by atoms with van der Waals surface area (Å²) in [5, 5.41) is 14.7. The molecule has 2 atom stereocenters. The molecule has 2 aliphatic heterocycles. The fourth-order valence-electron chi connectivity index (χ4n) is 3.27. The van der Waals surface area contributed by atoms with Crippen molar-refractivity contribution in [2.75, 3.05) is 26.2 Å². The summed E-state index contributed by atoms with van der Waals surface area (Å²) in [4.78, 5) is 12.7. The van der Waals surface area contributed by atoms with E-state index in [2.05, 4.69) is 10.2 Å². The molecule has 1 aromatic carbocycles. The third-order valence-electron chi connectivity index (χ3n) is 4.43. The second kappa shape index (κ2) is 5.68. The number of hydrogen-bond donors (Lipinski definition) is 1. The van der Waals surface area contributed by atoms with Gasteiger partial charge in [0.2, 0.25) is 0 Å². The molecule has 0 amide bonds. The number of hydrogen-bond acceptors (Lipinski definition) is 4. The molecule has 0 aliphatic carbocycles. The largest absolute Gasteiger partial charge is 0.316 e. The lowest BCUT2D eigenvalue weighted by atomic mass is 9.88. The highest BCUT2D eigenvalue weighted by Gasteiger charge is 2.32. The Bertz CT molecular complexity index is 523. The van der Waals surface area contributed by atoms with Gasteiger partial charge in [0.25, 0.3) is 5.69 Å². The fourth-order valence-corrected chi connectivity index (χ4v) is 3.51. The van der Waals surface area contributed by atoms with Gasteiger partial charge in [0, 0.05) is 25.2 Å². The SMILES string of the molecule is O=[N+]([O-])c1ccc(CN2CCC3CNCC3C2)c(Cl)c1. The van der Waals surface area contributed by atoms with Crippen molar-refractivity contribution in [2.45, 2.75) is 13.0 Å². The van der Waals surface area contributed by atoms with E-state index in [1.165, 1.54) is 18.6 Å². The number of piperidine rings is 1. The van der Waals surface area contributed by atoms with Crippen molar-refractivity contribution in [2.24, 2.45) is 11.8 Å². The zero-order chi connectivity index (χ0) is 14.1. The first-order valence-electron chi connectivity index (χ1n) is 6.99. The van der Waals surface area contributed by atoms with Gasteiger partial charge in [-0.25, -0.2) is 0 Å². The van der Waals surface area contributed by atoms with Crippen molar-refractivity contribution >= 4 is 17.3 Å². The van der Waals surface area contributed by atoms with E-state index in [0.717, 1.165) is 50.1 Å². The molecule has 3 rings (SSSR count). The van der Waals surface area contributed by atoms with Crippen LogP contribution in [0.2, 0.25) is 5.02 Å². The molecule has 0 saturated carbocycles. The van der Waals surface area contributed by atoms with Crippen LogP contribution in [-0.4, -0.2) is 36.0 Å². The van der Waals surface area contributed by atoms with Gasteiger partial charge in [-0.1, -0.05) is 11.6 Å². The van der Waals surface area contributed by atoms with Crippen molar-refractivity contribution in [3.63, 3.8) is 0 Å². The second-order valence-electron chi connectivity index (χ2n) is 5.74. The van der Waals surface area contributed by atoms with Gasteiger partial charge < -0.3 is 5.32 Å². The zero-order valence-corrected chi connectivity index (χ0v) is 12.0. The normalized spacial score (nSPS) is 26.4. The van der Waals surface area contributed by atoms with Crippen molar-refractivity contribution in [3.05, 3.63) is 38.9 Å². The summed E-state index contributed by atoms with van der Waals surface area (Å²) in [5.74, 6) is 1.55. The molecule has 2 aliphatic rings. The van der Waals surface area contributed by atoms with Crippen molar-refractivity contribution in [1.82, 2.24) is 10.2 Å². The summed E-state index contributed by atoms with van der Waals surface area (Å²) in [6.07, 6.45) is 1.22. The number of non-ortho nitro benzene ring substituents is 1. The molecule has 20 heavy (non-hydrogen) atoms. The second-order valence-corrected chi connectivity index (χ2v) is 6.14. The van der Waals surface area contributed by atoms with Crippen molar-refractivity contribution in [1.29, 1.82) is 0 Å². The van der Waals surface area contributed by atoms with E-state index in [4.69, 9.17) is 11.6 Å². The molecule has 108 valence electrons. The van der Waals surface area contributed by atoms with E-state index in [9.17, 15) is 10.1 Å². The smallest absolute Gasteiger partial charge is 0.270 e. The van der Waals surface area contributed by atoms with Crippen LogP contribution in [-0.2, 0) is 6.54 Å². The van der Waals surface area contributed by atoms with E-state index in [1.807, 2.05) is 0 Å². The topological polar surface area (TPSA) is 58.4 Å². The van der Waals surface area contributed by atoms with Gasteiger partial charge in [-0.15, -0.1) is 0 Å². The summed E-state index contributed by atoms with van der Waals surface area (Å²) < 4.78 is 0. The van der Waals surface area contributed by atoms with Crippen molar-refractivity contribution < 1.29 is 4.92 Å². The minimum Gasteiger partial charge on any atom is -0.316 e. The molecule has 2 heterocycles. The molecule has 1 N–H and O–H groups in total. The number of nitro benzene ring substituents is 1. The minimum absolute atomic E-state index is 0.0532. The molecule has 0 bridgehead atoms. The number of nitro groups is 1. The molecule has 0 radical (unpaired) electrons. The van der Waals surface area contributed by atoms with Crippen LogP contribution in [0, 0.1) is 22.0 Å². The van der Waals surface area contributed by atoms with E-state index in [0.29, 0.717) is 5.02 Å². The number of nitrogens with zero attached hydrogens (tertiary/aromatic N) is 2. The Balaban J connectivity index is 1.67. The third-order valence-corrected chi connectivity index (χ3v) is 4.78. The summed E-state index contributed by atoms with van der Waals surface area (Å²) in [5.41, 5.74) is 1.03. The number of likely N-dealkylation sites (tertiary alicyclic amines) is 1. The predicted octanol–water partition coefficient (Wildman–Crippen LogP) is 2.29. The zero-order valence-electron chi connectivity index (χ0n) is 11.2. The maximum Gasteiger partial charge on any atom is 0.270 e. The highest BCUT2D eigenvalue weighted by Crippen LogP contribution is 2.29. The van der Waals surface area contributed by atoms with Gasteiger partial charge in [0.05, 0.1) is 9.95 Å². The Hall–Kier alpha value is -1.17. The van der Waals surface area contributed by atoms with Gasteiger partial charge in [-0.05, 0) is 49.5 Å².